The number of hydrogen-bond acceptors (Lipinski definition) is 11. The molecule has 1 aromatic heterocycles. The zero-order valence-electron chi connectivity index (χ0n) is 30.9. The van der Waals surface area contributed by atoms with E-state index in [9.17, 15) is 29.1 Å². The van der Waals surface area contributed by atoms with E-state index in [2.05, 4.69) is 9.88 Å². The Labute approximate surface area is 295 Å². The minimum Gasteiger partial charge on any atom is -0.479 e. The van der Waals surface area contributed by atoms with Crippen molar-refractivity contribution in [2.24, 2.45) is 11.8 Å². The SMILES string of the molecule is CC(C)C[C@@H](C(=O)O[C@H](C)C(=O)O)N(C)C(=O)[C@@H](CCc1ccc(N2CCOCC2)nc1)OC(=O)[C@H](CCC1CC1)N(C)C(=O)OC(C)(C)C. The summed E-state index contributed by atoms with van der Waals surface area (Å²) in [5, 5.41) is 9.31. The molecule has 2 amide bonds. The van der Waals surface area contributed by atoms with Crippen molar-refractivity contribution in [3.8, 4) is 0 Å². The predicted molar refractivity (Wildman–Crippen MR) is 184 cm³/mol. The van der Waals surface area contributed by atoms with Crippen molar-refractivity contribution in [3.05, 3.63) is 23.9 Å². The zero-order valence-corrected chi connectivity index (χ0v) is 30.9. The van der Waals surface area contributed by atoms with Gasteiger partial charge in [-0.05, 0) is 83.3 Å². The lowest BCUT2D eigenvalue weighted by atomic mass is 10.0. The fraction of sp³-hybridized carbons (Fsp3) is 0.722. The van der Waals surface area contributed by atoms with Gasteiger partial charge in [-0.2, -0.15) is 0 Å². The van der Waals surface area contributed by atoms with Crippen LogP contribution in [0.3, 0.4) is 0 Å². The first kappa shape index (κ1) is 40.5. The van der Waals surface area contributed by atoms with Gasteiger partial charge in [0.2, 0.25) is 0 Å². The van der Waals surface area contributed by atoms with E-state index in [4.69, 9.17) is 18.9 Å². The maximum atomic E-state index is 14.2. The molecule has 280 valence electrons. The van der Waals surface area contributed by atoms with Gasteiger partial charge in [0, 0.05) is 33.4 Å². The van der Waals surface area contributed by atoms with Crippen molar-refractivity contribution in [2.45, 2.75) is 116 Å². The maximum absolute atomic E-state index is 14.2. The number of anilines is 1. The van der Waals surface area contributed by atoms with E-state index in [1.807, 2.05) is 26.0 Å². The highest BCUT2D eigenvalue weighted by Crippen LogP contribution is 2.34. The highest BCUT2D eigenvalue weighted by Gasteiger charge is 2.39. The highest BCUT2D eigenvalue weighted by molar-refractivity contribution is 5.90. The lowest BCUT2D eigenvalue weighted by Crippen LogP contribution is -2.51. The summed E-state index contributed by atoms with van der Waals surface area (Å²) in [6.45, 7) is 12.9. The minimum atomic E-state index is -1.42. The zero-order chi connectivity index (χ0) is 37.2. The normalized spacial score (nSPS) is 17.3. The third-order valence-electron chi connectivity index (χ3n) is 8.76. The van der Waals surface area contributed by atoms with Crippen molar-refractivity contribution in [1.29, 1.82) is 0 Å². The summed E-state index contributed by atoms with van der Waals surface area (Å²) in [7, 11) is 2.90. The number of likely N-dealkylation sites (N-methyl/N-ethyl adjacent to an activating group) is 2. The summed E-state index contributed by atoms with van der Waals surface area (Å²) < 4.78 is 22.1. The lowest BCUT2D eigenvalue weighted by Gasteiger charge is -2.33. The van der Waals surface area contributed by atoms with Crippen LogP contribution in [0.25, 0.3) is 0 Å². The number of carbonyl (C=O) groups excluding carboxylic acids is 4. The summed E-state index contributed by atoms with van der Waals surface area (Å²) in [6, 6.07) is 1.67. The number of rotatable bonds is 17. The van der Waals surface area contributed by atoms with Crippen LogP contribution >= 0.6 is 0 Å². The first-order chi connectivity index (χ1) is 23.5. The third-order valence-corrected chi connectivity index (χ3v) is 8.76. The van der Waals surface area contributed by atoms with Crippen LogP contribution < -0.4 is 4.90 Å². The molecule has 2 heterocycles. The number of ether oxygens (including phenoxy) is 4. The maximum Gasteiger partial charge on any atom is 0.410 e. The van der Waals surface area contributed by atoms with Crippen molar-refractivity contribution in [3.63, 3.8) is 0 Å². The number of carbonyl (C=O) groups is 5. The molecule has 2 fully saturated rings. The molecule has 0 bridgehead atoms. The molecule has 1 aromatic rings. The van der Waals surface area contributed by atoms with Crippen LogP contribution in [-0.4, -0.2) is 120 Å². The van der Waals surface area contributed by atoms with Gasteiger partial charge < -0.3 is 33.9 Å². The number of hydrogen-bond donors (Lipinski definition) is 1. The number of amides is 2. The van der Waals surface area contributed by atoms with E-state index >= 15 is 0 Å². The Morgan fingerprint density at radius 3 is 2.14 bits per heavy atom. The lowest BCUT2D eigenvalue weighted by molar-refractivity contribution is -0.172. The number of carboxylic acids is 1. The molecule has 4 atom stereocenters. The molecule has 0 spiro atoms. The van der Waals surface area contributed by atoms with Crippen LogP contribution in [0.15, 0.2) is 18.3 Å². The average Bonchev–Trinajstić information content (AvgIpc) is 3.89. The molecule has 1 saturated heterocycles. The third kappa shape index (κ3) is 12.7. The van der Waals surface area contributed by atoms with Gasteiger partial charge in [-0.1, -0.05) is 32.8 Å². The number of nitrogens with zero attached hydrogens (tertiary/aromatic N) is 4. The molecule has 3 rings (SSSR count). The number of aromatic nitrogens is 1. The van der Waals surface area contributed by atoms with Crippen molar-refractivity contribution in [2.75, 3.05) is 45.3 Å². The van der Waals surface area contributed by atoms with E-state index < -0.39 is 59.8 Å². The summed E-state index contributed by atoms with van der Waals surface area (Å²) in [5.41, 5.74) is 0.0178. The Morgan fingerprint density at radius 1 is 0.960 bits per heavy atom. The average molecular weight is 705 g/mol. The molecule has 50 heavy (non-hydrogen) atoms. The molecule has 0 aromatic carbocycles. The van der Waals surface area contributed by atoms with Crippen molar-refractivity contribution < 1.29 is 48.0 Å². The van der Waals surface area contributed by atoms with Crippen LogP contribution in [0.5, 0.6) is 0 Å². The first-order valence-corrected chi connectivity index (χ1v) is 17.6. The summed E-state index contributed by atoms with van der Waals surface area (Å²) in [6.07, 6.45) is 1.99. The summed E-state index contributed by atoms with van der Waals surface area (Å²) in [4.78, 5) is 74.9. The van der Waals surface area contributed by atoms with Gasteiger partial charge in [0.05, 0.1) is 13.2 Å². The number of carboxylic acid groups (broad SMARTS) is 1. The predicted octanol–water partition coefficient (Wildman–Crippen LogP) is 4.08. The number of pyridine rings is 1. The van der Waals surface area contributed by atoms with Gasteiger partial charge in [-0.15, -0.1) is 0 Å². The highest BCUT2D eigenvalue weighted by atomic mass is 16.6. The van der Waals surface area contributed by atoms with Gasteiger partial charge in [0.15, 0.2) is 12.2 Å². The molecule has 2 aliphatic rings. The van der Waals surface area contributed by atoms with Crippen molar-refractivity contribution in [1.82, 2.24) is 14.8 Å². The Kier molecular flexibility index (Phi) is 14.9. The molecule has 14 heteroatoms. The molecule has 14 nitrogen and oxygen atoms in total. The second-order valence-electron chi connectivity index (χ2n) is 14.7. The van der Waals surface area contributed by atoms with Crippen LogP contribution in [-0.2, 0) is 44.5 Å². The van der Waals surface area contributed by atoms with Gasteiger partial charge in [0.1, 0.15) is 23.5 Å². The van der Waals surface area contributed by atoms with E-state index in [1.165, 1.54) is 30.8 Å². The molecule has 1 aliphatic carbocycles. The second kappa shape index (κ2) is 18.3. The van der Waals surface area contributed by atoms with E-state index in [0.717, 1.165) is 37.3 Å². The molecule has 0 unspecified atom stereocenters. The van der Waals surface area contributed by atoms with E-state index in [0.29, 0.717) is 38.4 Å². The van der Waals surface area contributed by atoms with Gasteiger partial charge >= 0.3 is 24.0 Å². The number of aliphatic carboxylic acids is 1. The molecular formula is C36H56N4O10. The molecule has 1 aliphatic heterocycles. The Balaban J connectivity index is 1.87. The van der Waals surface area contributed by atoms with Crippen LogP contribution in [0, 0.1) is 11.8 Å². The summed E-state index contributed by atoms with van der Waals surface area (Å²) >= 11 is 0. The Hall–Kier alpha value is -3.94. The molecule has 1 N–H and O–H groups in total. The van der Waals surface area contributed by atoms with Gasteiger partial charge in [-0.3, -0.25) is 9.69 Å². The molecule has 1 saturated carbocycles. The standard InChI is InChI=1S/C36H56N4O10/c1-23(2)21-28(34(45)48-24(3)32(42)43)38(7)31(41)29(15-12-26-13-16-30(37-22-26)40-17-19-47-20-18-40)49-33(44)27(14-11-25-9-10-25)39(8)35(46)50-36(4,5)6/h13,16,22-25,27-29H,9-12,14-15,17-21H2,1-8H3,(H,42,43)/t24-,27+,28+,29-/m1/s1. The number of aryl methyl sites for hydroxylation is 1. The second-order valence-corrected chi connectivity index (χ2v) is 14.7. The van der Waals surface area contributed by atoms with E-state index in [-0.39, 0.29) is 18.8 Å². The smallest absolute Gasteiger partial charge is 0.410 e. The van der Waals surface area contributed by atoms with Crippen LogP contribution in [0.1, 0.15) is 85.6 Å². The Bertz CT molecular complexity index is 1300. The first-order valence-electron chi connectivity index (χ1n) is 17.6. The number of esters is 2. The van der Waals surface area contributed by atoms with Crippen molar-refractivity contribution >= 4 is 35.7 Å². The van der Waals surface area contributed by atoms with E-state index in [1.54, 1.807) is 27.0 Å². The monoisotopic (exact) mass is 704 g/mol. The summed E-state index contributed by atoms with van der Waals surface area (Å²) in [5.74, 6) is -2.38. The fourth-order valence-corrected chi connectivity index (χ4v) is 5.57. The fourth-order valence-electron chi connectivity index (χ4n) is 5.57. The molecular weight excluding hydrogens is 648 g/mol. The molecule has 0 radical (unpaired) electrons. The Morgan fingerprint density at radius 2 is 1.60 bits per heavy atom. The number of morpholine rings is 1. The van der Waals surface area contributed by atoms with Gasteiger partial charge in [0.25, 0.3) is 5.91 Å². The van der Waals surface area contributed by atoms with Crippen LogP contribution in [0.4, 0.5) is 10.6 Å². The minimum absolute atomic E-state index is 0.0609. The van der Waals surface area contributed by atoms with Crippen LogP contribution in [0.2, 0.25) is 0 Å². The quantitative estimate of drug-likeness (QED) is 0.183. The van der Waals surface area contributed by atoms with Gasteiger partial charge in [-0.25, -0.2) is 24.2 Å². The largest absolute Gasteiger partial charge is 0.479 e. The topological polar surface area (TPSA) is 165 Å².